The van der Waals surface area contributed by atoms with Crippen molar-refractivity contribution in [3.63, 3.8) is 0 Å². The molecule has 0 aromatic heterocycles. The number of rotatable bonds is 2. The molecule has 0 spiro atoms. The maximum absolute atomic E-state index is 12.1. The van der Waals surface area contributed by atoms with E-state index in [1.165, 1.54) is 0 Å². The van der Waals surface area contributed by atoms with Crippen LogP contribution >= 0.6 is 34.8 Å². The lowest BCUT2D eigenvalue weighted by Gasteiger charge is -2.18. The number of H-pyrrole nitrogens is 1. The molecule has 8 heteroatoms. The number of aromatic amines is 1. The van der Waals surface area contributed by atoms with Gasteiger partial charge in [-0.15, -0.1) is 0 Å². The Labute approximate surface area is 163 Å². The van der Waals surface area contributed by atoms with E-state index in [1.54, 1.807) is 35.0 Å². The van der Waals surface area contributed by atoms with Crippen LogP contribution in [0, 0.1) is 6.92 Å². The standard InChI is InChI=1S/C18H11Cl3N4O/c1-9-15-16(18(26)23-22-15)24-25(14-7-6-12(20)8-13(14)21)17(9)10-2-4-11(19)5-3-10/h2-8H,1H3,(H,23,26). The Morgan fingerprint density at radius 3 is 2.35 bits per heavy atom. The minimum atomic E-state index is -0.357. The molecule has 2 aromatic rings. The van der Waals surface area contributed by atoms with Crippen LogP contribution in [0.1, 0.15) is 5.56 Å². The number of fused-ring (bicyclic) bond motifs is 1. The lowest BCUT2D eigenvalue weighted by Crippen LogP contribution is -2.14. The van der Waals surface area contributed by atoms with Crippen LogP contribution in [0.4, 0.5) is 0 Å². The zero-order valence-electron chi connectivity index (χ0n) is 13.4. The first-order valence-electron chi connectivity index (χ1n) is 7.65. The number of nitrogens with zero attached hydrogens (tertiary/aromatic N) is 3. The first-order valence-corrected chi connectivity index (χ1v) is 8.78. The Morgan fingerprint density at radius 2 is 1.65 bits per heavy atom. The van der Waals surface area contributed by atoms with Gasteiger partial charge >= 0.3 is 0 Å². The molecular formula is C18H11Cl3N4O. The zero-order valence-corrected chi connectivity index (χ0v) is 15.7. The van der Waals surface area contributed by atoms with E-state index in [1.807, 2.05) is 19.1 Å². The molecule has 0 amide bonds. The van der Waals surface area contributed by atoms with E-state index in [4.69, 9.17) is 34.8 Å². The van der Waals surface area contributed by atoms with Crippen molar-refractivity contribution in [2.45, 2.75) is 6.92 Å². The Bertz CT molecular complexity index is 1150. The molecule has 130 valence electrons. The van der Waals surface area contributed by atoms with Gasteiger partial charge in [-0.3, -0.25) is 4.79 Å². The van der Waals surface area contributed by atoms with E-state index >= 15 is 0 Å². The molecule has 0 bridgehead atoms. The Kier molecular flexibility index (Phi) is 4.23. The van der Waals surface area contributed by atoms with Gasteiger partial charge in [0, 0.05) is 21.2 Å². The van der Waals surface area contributed by atoms with Gasteiger partial charge in [-0.05, 0) is 37.3 Å². The summed E-state index contributed by atoms with van der Waals surface area (Å²) in [6, 6.07) is 12.4. The largest absolute Gasteiger partial charge is 0.294 e. The summed E-state index contributed by atoms with van der Waals surface area (Å²) < 4.78 is 1.64. The predicted octanol–water partition coefficient (Wildman–Crippen LogP) is 5.00. The van der Waals surface area contributed by atoms with Crippen LogP contribution < -0.4 is 5.56 Å². The van der Waals surface area contributed by atoms with Crippen LogP contribution in [0.2, 0.25) is 15.1 Å². The molecule has 2 aromatic carbocycles. The molecule has 0 atom stereocenters. The number of aromatic nitrogens is 4. The van der Waals surface area contributed by atoms with Crippen LogP contribution in [-0.2, 0) is 0 Å². The number of halogens is 3. The smallest absolute Gasteiger partial charge is 0.265 e. The van der Waals surface area contributed by atoms with E-state index in [0.717, 1.165) is 16.8 Å². The van der Waals surface area contributed by atoms with Crippen molar-refractivity contribution in [2.24, 2.45) is 0 Å². The molecule has 0 aliphatic carbocycles. The van der Waals surface area contributed by atoms with E-state index < -0.39 is 0 Å². The molecule has 2 aliphatic rings. The van der Waals surface area contributed by atoms with Gasteiger partial charge < -0.3 is 0 Å². The van der Waals surface area contributed by atoms with Gasteiger partial charge in [-0.25, -0.2) is 9.78 Å². The number of hydrogen-bond acceptors (Lipinski definition) is 3. The molecule has 26 heavy (non-hydrogen) atoms. The topological polar surface area (TPSA) is 63.6 Å². The second-order valence-electron chi connectivity index (χ2n) is 5.74. The van der Waals surface area contributed by atoms with Gasteiger partial charge in [0.05, 0.1) is 16.4 Å². The highest BCUT2D eigenvalue weighted by Crippen LogP contribution is 2.34. The third-order valence-electron chi connectivity index (χ3n) is 4.09. The average molecular weight is 406 g/mol. The number of hydrogen-bond donors (Lipinski definition) is 1. The quantitative estimate of drug-likeness (QED) is 0.510. The molecule has 1 N–H and O–H groups in total. The van der Waals surface area contributed by atoms with Gasteiger partial charge in [0.2, 0.25) is 0 Å². The zero-order chi connectivity index (χ0) is 18.4. The lowest BCUT2D eigenvalue weighted by atomic mass is 10.0. The van der Waals surface area contributed by atoms with Crippen LogP contribution in [0.3, 0.4) is 0 Å². The first kappa shape index (κ1) is 17.1. The highest BCUT2D eigenvalue weighted by atomic mass is 35.5. The number of nitrogens with one attached hydrogen (secondary N) is 1. The fraction of sp³-hybridized carbons (Fsp3) is 0.0556. The molecule has 0 fully saturated rings. The van der Waals surface area contributed by atoms with Crippen molar-refractivity contribution >= 4 is 34.8 Å². The van der Waals surface area contributed by atoms with Gasteiger partial charge in [0.25, 0.3) is 5.56 Å². The fourth-order valence-electron chi connectivity index (χ4n) is 2.87. The first-order chi connectivity index (χ1) is 12.5. The Hall–Kier alpha value is -2.34. The van der Waals surface area contributed by atoms with Gasteiger partial charge in [0.15, 0.2) is 5.69 Å². The monoisotopic (exact) mass is 404 g/mol. The van der Waals surface area contributed by atoms with Crippen molar-refractivity contribution in [1.29, 1.82) is 0 Å². The summed E-state index contributed by atoms with van der Waals surface area (Å²) in [4.78, 5) is 12.1. The Morgan fingerprint density at radius 1 is 0.962 bits per heavy atom. The summed E-state index contributed by atoms with van der Waals surface area (Å²) >= 11 is 18.4. The molecule has 2 heterocycles. The summed E-state index contributed by atoms with van der Waals surface area (Å²) in [6.45, 7) is 1.88. The predicted molar refractivity (Wildman–Crippen MR) is 104 cm³/mol. The second-order valence-corrected chi connectivity index (χ2v) is 7.02. The maximum Gasteiger partial charge on any atom is 0.294 e. The highest BCUT2D eigenvalue weighted by molar-refractivity contribution is 6.35. The van der Waals surface area contributed by atoms with Crippen molar-refractivity contribution < 1.29 is 0 Å². The molecule has 0 saturated heterocycles. The van der Waals surface area contributed by atoms with Crippen molar-refractivity contribution in [3.8, 4) is 28.3 Å². The second kappa shape index (κ2) is 6.43. The van der Waals surface area contributed by atoms with Crippen molar-refractivity contribution in [2.75, 3.05) is 0 Å². The Balaban J connectivity index is 2.11. The van der Waals surface area contributed by atoms with E-state index in [9.17, 15) is 4.79 Å². The van der Waals surface area contributed by atoms with Crippen LogP contribution in [0.25, 0.3) is 28.3 Å². The third-order valence-corrected chi connectivity index (χ3v) is 4.88. The van der Waals surface area contributed by atoms with Gasteiger partial charge in [0.1, 0.15) is 5.69 Å². The minimum absolute atomic E-state index is 0.242. The van der Waals surface area contributed by atoms with Gasteiger partial charge in [-0.2, -0.15) is 10.2 Å². The van der Waals surface area contributed by atoms with Crippen LogP contribution in [0.15, 0.2) is 47.3 Å². The molecule has 4 rings (SSSR count). The number of benzene rings is 2. The van der Waals surface area contributed by atoms with E-state index in [-0.39, 0.29) is 11.3 Å². The summed E-state index contributed by atoms with van der Waals surface area (Å²) in [5, 5.41) is 12.6. The maximum atomic E-state index is 12.1. The minimum Gasteiger partial charge on any atom is -0.265 e. The van der Waals surface area contributed by atoms with Gasteiger partial charge in [-0.1, -0.05) is 46.9 Å². The summed E-state index contributed by atoms with van der Waals surface area (Å²) in [5.41, 5.74) is 3.41. The average Bonchev–Trinajstić information content (AvgIpc) is 2.98. The van der Waals surface area contributed by atoms with Crippen molar-refractivity contribution in [3.05, 3.63) is 73.4 Å². The molecular weight excluding hydrogens is 395 g/mol. The van der Waals surface area contributed by atoms with Crippen molar-refractivity contribution in [1.82, 2.24) is 20.0 Å². The molecule has 5 nitrogen and oxygen atoms in total. The summed E-state index contributed by atoms with van der Waals surface area (Å²) in [7, 11) is 0. The highest BCUT2D eigenvalue weighted by Gasteiger charge is 2.23. The molecule has 0 radical (unpaired) electrons. The molecule has 0 unspecified atom stereocenters. The lowest BCUT2D eigenvalue weighted by molar-refractivity contribution is 0.846. The fourth-order valence-corrected chi connectivity index (χ4v) is 3.48. The van der Waals surface area contributed by atoms with E-state index in [2.05, 4.69) is 15.3 Å². The summed E-state index contributed by atoms with van der Waals surface area (Å²) in [5.74, 6) is 0. The van der Waals surface area contributed by atoms with Crippen LogP contribution in [-0.4, -0.2) is 20.0 Å². The third kappa shape index (κ3) is 2.78. The SMILES string of the molecule is Cc1c2n[nH]c(=O)c-2nn(-c2ccc(Cl)cc2Cl)c1-c1ccc(Cl)cc1. The molecule has 2 aliphatic heterocycles. The summed E-state index contributed by atoms with van der Waals surface area (Å²) in [6.07, 6.45) is 0. The van der Waals surface area contributed by atoms with E-state index in [0.29, 0.717) is 26.4 Å². The molecule has 0 saturated carbocycles. The normalized spacial score (nSPS) is 11.2. The van der Waals surface area contributed by atoms with Crippen LogP contribution in [0.5, 0.6) is 0 Å².